The number of aliphatic carboxylic acids is 1. The predicted molar refractivity (Wildman–Crippen MR) is 91.2 cm³/mol. The van der Waals surface area contributed by atoms with Crippen LogP contribution in [0, 0.1) is 0 Å². The smallest absolute Gasteiger partial charge is 0.416 e. The zero-order chi connectivity index (χ0) is 20.2. The van der Waals surface area contributed by atoms with Gasteiger partial charge in [-0.15, -0.1) is 0 Å². The van der Waals surface area contributed by atoms with Crippen LogP contribution in [0.1, 0.15) is 12.5 Å². The summed E-state index contributed by atoms with van der Waals surface area (Å²) in [5.74, 6) is -1.03. The summed E-state index contributed by atoms with van der Waals surface area (Å²) in [5, 5.41) is 9.05. The van der Waals surface area contributed by atoms with Gasteiger partial charge in [0.25, 0.3) is 10.0 Å². The van der Waals surface area contributed by atoms with E-state index in [1.807, 2.05) is 0 Å². The number of rotatable bonds is 7. The van der Waals surface area contributed by atoms with Crippen LogP contribution in [0.5, 0.6) is 5.75 Å². The molecule has 0 aliphatic carbocycles. The number of alkyl halides is 3. The van der Waals surface area contributed by atoms with E-state index in [1.165, 1.54) is 24.3 Å². The normalized spacial score (nSPS) is 11.9. The Bertz CT molecular complexity index is 894. The van der Waals surface area contributed by atoms with Crippen LogP contribution in [0.25, 0.3) is 0 Å². The van der Waals surface area contributed by atoms with Gasteiger partial charge in [0.05, 0.1) is 22.8 Å². The monoisotopic (exact) mass is 403 g/mol. The summed E-state index contributed by atoms with van der Waals surface area (Å²) in [7, 11) is -4.31. The van der Waals surface area contributed by atoms with E-state index < -0.39 is 34.3 Å². The molecule has 27 heavy (non-hydrogen) atoms. The zero-order valence-corrected chi connectivity index (χ0v) is 14.9. The highest BCUT2D eigenvalue weighted by molar-refractivity contribution is 7.92. The fourth-order valence-corrected chi connectivity index (χ4v) is 3.67. The van der Waals surface area contributed by atoms with Crippen LogP contribution in [0.4, 0.5) is 18.9 Å². The molecule has 0 atom stereocenters. The Labute approximate surface area is 153 Å². The average molecular weight is 403 g/mol. The summed E-state index contributed by atoms with van der Waals surface area (Å²) in [6.07, 6.45) is -4.59. The first-order valence-electron chi connectivity index (χ1n) is 7.70. The highest BCUT2D eigenvalue weighted by atomic mass is 32.2. The van der Waals surface area contributed by atoms with Crippen LogP contribution >= 0.6 is 0 Å². The molecular formula is C17H16F3NO5S. The number of hydrogen-bond donors (Lipinski definition) is 1. The maximum absolute atomic E-state index is 12.8. The molecule has 0 saturated carbocycles. The van der Waals surface area contributed by atoms with Crippen molar-refractivity contribution in [2.24, 2.45) is 0 Å². The molecule has 1 N–H and O–H groups in total. The third kappa shape index (κ3) is 4.91. The Morgan fingerprint density at radius 3 is 2.07 bits per heavy atom. The van der Waals surface area contributed by atoms with E-state index in [2.05, 4.69) is 0 Å². The first kappa shape index (κ1) is 20.6. The quantitative estimate of drug-likeness (QED) is 0.766. The molecule has 0 unspecified atom stereocenters. The van der Waals surface area contributed by atoms with Crippen LogP contribution in [-0.4, -0.2) is 32.6 Å². The average Bonchev–Trinajstić information content (AvgIpc) is 2.59. The van der Waals surface area contributed by atoms with Crippen molar-refractivity contribution in [3.8, 4) is 5.75 Å². The van der Waals surface area contributed by atoms with Crippen molar-refractivity contribution in [1.29, 1.82) is 0 Å². The molecule has 0 spiro atoms. The number of halogens is 3. The van der Waals surface area contributed by atoms with Gasteiger partial charge in [0, 0.05) is 0 Å². The number of nitrogens with zero attached hydrogens (tertiary/aromatic N) is 1. The summed E-state index contributed by atoms with van der Waals surface area (Å²) < 4.78 is 69.5. The minimum atomic E-state index is -4.59. The molecule has 0 fully saturated rings. The SMILES string of the molecule is CCOc1ccc(S(=O)(=O)N(CC(=O)O)c2ccc(C(F)(F)F)cc2)cc1. The highest BCUT2D eigenvalue weighted by Crippen LogP contribution is 2.32. The molecular weight excluding hydrogens is 387 g/mol. The van der Waals surface area contributed by atoms with Gasteiger partial charge >= 0.3 is 12.1 Å². The van der Waals surface area contributed by atoms with Gasteiger partial charge in [-0.2, -0.15) is 13.2 Å². The molecule has 0 aliphatic heterocycles. The van der Waals surface area contributed by atoms with E-state index in [1.54, 1.807) is 6.92 Å². The third-order valence-corrected chi connectivity index (χ3v) is 5.27. The van der Waals surface area contributed by atoms with Gasteiger partial charge in [0.1, 0.15) is 12.3 Å². The Hall–Kier alpha value is -2.75. The number of benzene rings is 2. The number of carboxylic acids is 1. The molecule has 0 bridgehead atoms. The van der Waals surface area contributed by atoms with Crippen LogP contribution in [0.15, 0.2) is 53.4 Å². The Balaban J connectivity index is 2.43. The van der Waals surface area contributed by atoms with Gasteiger partial charge in [-0.25, -0.2) is 8.42 Å². The molecule has 10 heteroatoms. The van der Waals surface area contributed by atoms with E-state index in [-0.39, 0.29) is 10.6 Å². The van der Waals surface area contributed by atoms with Gasteiger partial charge in [-0.05, 0) is 55.5 Å². The molecule has 0 saturated heterocycles. The fraction of sp³-hybridized carbons (Fsp3) is 0.235. The van der Waals surface area contributed by atoms with Gasteiger partial charge in [-0.1, -0.05) is 0 Å². The Morgan fingerprint density at radius 2 is 1.63 bits per heavy atom. The van der Waals surface area contributed by atoms with Crippen LogP contribution in [0.2, 0.25) is 0 Å². The first-order valence-corrected chi connectivity index (χ1v) is 9.14. The van der Waals surface area contributed by atoms with Crippen molar-refractivity contribution >= 4 is 21.7 Å². The lowest BCUT2D eigenvalue weighted by Crippen LogP contribution is -2.35. The molecule has 2 rings (SSSR count). The Kier molecular flexibility index (Phi) is 5.99. The lowest BCUT2D eigenvalue weighted by atomic mass is 10.2. The molecule has 2 aromatic carbocycles. The predicted octanol–water partition coefficient (Wildman–Crippen LogP) is 3.38. The van der Waals surface area contributed by atoms with E-state index in [9.17, 15) is 26.4 Å². The summed E-state index contributed by atoms with van der Waals surface area (Å²) in [6, 6.07) is 8.49. The lowest BCUT2D eigenvalue weighted by molar-refractivity contribution is -0.138. The van der Waals surface area contributed by atoms with Crippen LogP contribution in [0.3, 0.4) is 0 Å². The van der Waals surface area contributed by atoms with Crippen LogP contribution < -0.4 is 9.04 Å². The third-order valence-electron chi connectivity index (χ3n) is 3.48. The van der Waals surface area contributed by atoms with E-state index in [0.29, 0.717) is 28.8 Å². The van der Waals surface area contributed by atoms with Crippen molar-refractivity contribution in [2.75, 3.05) is 17.5 Å². The first-order chi connectivity index (χ1) is 12.6. The van der Waals surface area contributed by atoms with Crippen molar-refractivity contribution in [2.45, 2.75) is 18.0 Å². The highest BCUT2D eigenvalue weighted by Gasteiger charge is 2.32. The topological polar surface area (TPSA) is 83.9 Å². The maximum atomic E-state index is 12.8. The molecule has 0 heterocycles. The lowest BCUT2D eigenvalue weighted by Gasteiger charge is -2.23. The minimum Gasteiger partial charge on any atom is -0.494 e. The second-order valence-electron chi connectivity index (χ2n) is 5.35. The number of ether oxygens (including phenoxy) is 1. The van der Waals surface area contributed by atoms with Crippen molar-refractivity contribution in [3.05, 3.63) is 54.1 Å². The van der Waals surface area contributed by atoms with Crippen molar-refractivity contribution in [3.63, 3.8) is 0 Å². The van der Waals surface area contributed by atoms with Gasteiger partial charge in [0.15, 0.2) is 0 Å². The summed E-state index contributed by atoms with van der Waals surface area (Å²) in [5.41, 5.74) is -1.17. The number of carbonyl (C=O) groups is 1. The molecule has 0 aliphatic rings. The van der Waals surface area contributed by atoms with Crippen molar-refractivity contribution < 1.29 is 36.2 Å². The molecule has 6 nitrogen and oxygen atoms in total. The summed E-state index contributed by atoms with van der Waals surface area (Å²) in [6.45, 7) is 1.19. The molecule has 0 amide bonds. The summed E-state index contributed by atoms with van der Waals surface area (Å²) >= 11 is 0. The molecule has 0 radical (unpaired) electrons. The second kappa shape index (κ2) is 7.87. The number of hydrogen-bond acceptors (Lipinski definition) is 4. The van der Waals surface area contributed by atoms with Crippen molar-refractivity contribution in [1.82, 2.24) is 0 Å². The molecule has 146 valence electrons. The molecule has 2 aromatic rings. The largest absolute Gasteiger partial charge is 0.494 e. The van der Waals surface area contributed by atoms with Crippen LogP contribution in [-0.2, 0) is 21.0 Å². The summed E-state index contributed by atoms with van der Waals surface area (Å²) in [4.78, 5) is 10.9. The number of carboxylic acid groups (broad SMARTS) is 1. The van der Waals surface area contributed by atoms with Gasteiger partial charge in [0.2, 0.25) is 0 Å². The molecule has 0 aromatic heterocycles. The van der Waals surface area contributed by atoms with Gasteiger partial charge < -0.3 is 9.84 Å². The standard InChI is InChI=1S/C17H16F3NO5S/c1-2-26-14-7-9-15(10-8-14)27(24,25)21(11-16(22)23)13-5-3-12(4-6-13)17(18,19)20/h3-10H,2,11H2,1H3,(H,22,23). The maximum Gasteiger partial charge on any atom is 0.416 e. The second-order valence-corrected chi connectivity index (χ2v) is 7.22. The van der Waals surface area contributed by atoms with E-state index in [0.717, 1.165) is 12.1 Å². The van der Waals surface area contributed by atoms with E-state index >= 15 is 0 Å². The Morgan fingerprint density at radius 1 is 1.07 bits per heavy atom. The van der Waals surface area contributed by atoms with E-state index in [4.69, 9.17) is 9.84 Å². The number of sulfonamides is 1. The number of anilines is 1. The van der Waals surface area contributed by atoms with Gasteiger partial charge in [-0.3, -0.25) is 9.10 Å². The zero-order valence-electron chi connectivity index (χ0n) is 14.1. The minimum absolute atomic E-state index is 0.195. The fourth-order valence-electron chi connectivity index (χ4n) is 2.26.